The average molecular weight is 463 g/mol. The fraction of sp³-hybridized carbons (Fsp3) is 0.150. The Morgan fingerprint density at radius 3 is 2.52 bits per heavy atom. The van der Waals surface area contributed by atoms with Gasteiger partial charge in [0.2, 0.25) is 5.88 Å². The summed E-state index contributed by atoms with van der Waals surface area (Å²) in [4.78, 5) is 19.8. The highest BCUT2D eigenvalue weighted by atomic mass is 35.5. The van der Waals surface area contributed by atoms with E-state index in [1.165, 1.54) is 43.8 Å². The molecule has 0 radical (unpaired) electrons. The van der Waals surface area contributed by atoms with Crippen molar-refractivity contribution in [3.63, 3.8) is 0 Å². The van der Waals surface area contributed by atoms with Gasteiger partial charge < -0.3 is 14.8 Å². The number of aryl methyl sites for hydroxylation is 1. The van der Waals surface area contributed by atoms with Crippen molar-refractivity contribution >= 4 is 39.0 Å². The number of nitrogens with one attached hydrogen (secondary N) is 2. The van der Waals surface area contributed by atoms with Gasteiger partial charge >= 0.3 is 0 Å². The van der Waals surface area contributed by atoms with Crippen LogP contribution in [-0.2, 0) is 14.8 Å². The van der Waals surface area contributed by atoms with E-state index in [1.807, 2.05) is 6.92 Å². The van der Waals surface area contributed by atoms with Crippen LogP contribution in [0.25, 0.3) is 0 Å². The molecule has 0 saturated heterocycles. The van der Waals surface area contributed by atoms with Crippen LogP contribution in [0.2, 0.25) is 5.02 Å². The third-order valence-electron chi connectivity index (χ3n) is 4.03. The molecule has 2 aromatic carbocycles. The minimum Gasteiger partial charge on any atom is -0.483 e. The monoisotopic (exact) mass is 462 g/mol. The van der Waals surface area contributed by atoms with Crippen molar-refractivity contribution in [3.8, 4) is 11.6 Å². The Morgan fingerprint density at radius 2 is 1.84 bits per heavy atom. The molecule has 0 saturated carbocycles. The van der Waals surface area contributed by atoms with E-state index in [-0.39, 0.29) is 23.2 Å². The van der Waals surface area contributed by atoms with Crippen molar-refractivity contribution in [1.29, 1.82) is 0 Å². The van der Waals surface area contributed by atoms with E-state index >= 15 is 0 Å². The first kappa shape index (κ1) is 22.3. The van der Waals surface area contributed by atoms with Crippen LogP contribution < -0.4 is 19.5 Å². The third kappa shape index (κ3) is 6.06. The van der Waals surface area contributed by atoms with Gasteiger partial charge in [0.15, 0.2) is 6.61 Å². The van der Waals surface area contributed by atoms with Crippen molar-refractivity contribution in [2.24, 2.45) is 0 Å². The average Bonchev–Trinajstić information content (AvgIpc) is 2.73. The van der Waals surface area contributed by atoms with Gasteiger partial charge in [-0.05, 0) is 55.0 Å². The molecular weight excluding hydrogens is 444 g/mol. The molecule has 0 aliphatic heterocycles. The molecule has 11 heteroatoms. The van der Waals surface area contributed by atoms with Crippen LogP contribution >= 0.6 is 11.6 Å². The highest BCUT2D eigenvalue weighted by molar-refractivity contribution is 7.92. The maximum atomic E-state index is 12.5. The maximum absolute atomic E-state index is 12.5. The zero-order chi connectivity index (χ0) is 22.4. The highest BCUT2D eigenvalue weighted by Crippen LogP contribution is 2.22. The van der Waals surface area contributed by atoms with Crippen molar-refractivity contribution in [2.45, 2.75) is 11.8 Å². The first-order valence-electron chi connectivity index (χ1n) is 8.94. The lowest BCUT2D eigenvalue weighted by atomic mass is 10.2. The Balaban J connectivity index is 1.60. The second kappa shape index (κ2) is 9.63. The second-order valence-electron chi connectivity index (χ2n) is 6.32. The molecular formula is C20H19ClN4O5S. The number of hydrogen-bond acceptors (Lipinski definition) is 7. The normalized spacial score (nSPS) is 10.9. The number of carbonyl (C=O) groups is 1. The zero-order valence-electron chi connectivity index (χ0n) is 16.6. The van der Waals surface area contributed by atoms with E-state index < -0.39 is 15.9 Å². The lowest BCUT2D eigenvalue weighted by Gasteiger charge is -2.11. The smallest absolute Gasteiger partial charge is 0.263 e. The SMILES string of the molecule is COc1cc(NS(=O)(=O)c2ccc(NC(=O)COc3ccc(Cl)cc3C)cc2)ncn1. The quantitative estimate of drug-likeness (QED) is 0.527. The van der Waals surface area contributed by atoms with Crippen LogP contribution in [0.4, 0.5) is 11.5 Å². The Kier molecular flexibility index (Phi) is 6.93. The fourth-order valence-corrected chi connectivity index (χ4v) is 3.76. The number of hydrogen-bond donors (Lipinski definition) is 2. The number of amides is 1. The molecule has 2 N–H and O–H groups in total. The standard InChI is InChI=1S/C20H19ClN4O5S/c1-13-9-14(21)3-8-17(13)30-11-19(26)24-15-4-6-16(7-5-15)31(27,28)25-18-10-20(29-2)23-12-22-18/h3-10,12H,11H2,1-2H3,(H,24,26)(H,22,23,25). The summed E-state index contributed by atoms with van der Waals surface area (Å²) in [6.07, 6.45) is 1.18. The molecule has 1 heterocycles. The molecule has 0 unspecified atom stereocenters. The number of methoxy groups -OCH3 is 1. The number of rotatable bonds is 8. The number of sulfonamides is 1. The molecule has 0 fully saturated rings. The lowest BCUT2D eigenvalue weighted by Crippen LogP contribution is -2.20. The molecule has 31 heavy (non-hydrogen) atoms. The van der Waals surface area contributed by atoms with Gasteiger partial charge in [0.05, 0.1) is 12.0 Å². The fourth-order valence-electron chi connectivity index (χ4n) is 2.54. The molecule has 0 spiro atoms. The summed E-state index contributed by atoms with van der Waals surface area (Å²) >= 11 is 5.90. The maximum Gasteiger partial charge on any atom is 0.263 e. The summed E-state index contributed by atoms with van der Waals surface area (Å²) in [6.45, 7) is 1.61. The van der Waals surface area contributed by atoms with Crippen molar-refractivity contribution in [3.05, 3.63) is 65.4 Å². The molecule has 1 amide bonds. The van der Waals surface area contributed by atoms with Gasteiger partial charge in [-0.25, -0.2) is 18.4 Å². The summed E-state index contributed by atoms with van der Waals surface area (Å²) in [5, 5.41) is 3.23. The summed E-state index contributed by atoms with van der Waals surface area (Å²) in [5.74, 6) is 0.449. The third-order valence-corrected chi connectivity index (χ3v) is 5.64. The van der Waals surface area contributed by atoms with E-state index in [0.29, 0.717) is 16.5 Å². The Morgan fingerprint density at radius 1 is 1.10 bits per heavy atom. The summed E-state index contributed by atoms with van der Waals surface area (Å²) < 4.78 is 37.8. The van der Waals surface area contributed by atoms with Crippen LogP contribution in [0.3, 0.4) is 0 Å². The number of ether oxygens (including phenoxy) is 2. The van der Waals surface area contributed by atoms with Crippen molar-refractivity contribution in [2.75, 3.05) is 23.8 Å². The van der Waals surface area contributed by atoms with Crippen molar-refractivity contribution < 1.29 is 22.7 Å². The van der Waals surface area contributed by atoms with Gasteiger partial charge in [-0.15, -0.1) is 0 Å². The minimum atomic E-state index is -3.88. The van der Waals surface area contributed by atoms with Gasteiger partial charge in [0.1, 0.15) is 17.9 Å². The first-order valence-corrected chi connectivity index (χ1v) is 10.8. The summed E-state index contributed by atoms with van der Waals surface area (Å²) in [7, 11) is -2.47. The van der Waals surface area contributed by atoms with Crippen LogP contribution in [-0.4, -0.2) is 38.0 Å². The van der Waals surface area contributed by atoms with Crippen molar-refractivity contribution in [1.82, 2.24) is 9.97 Å². The number of anilines is 2. The second-order valence-corrected chi connectivity index (χ2v) is 8.44. The zero-order valence-corrected chi connectivity index (χ0v) is 18.2. The Hall–Kier alpha value is -3.37. The molecule has 162 valence electrons. The lowest BCUT2D eigenvalue weighted by molar-refractivity contribution is -0.118. The molecule has 1 aromatic heterocycles. The molecule has 0 atom stereocenters. The molecule has 0 aliphatic carbocycles. The minimum absolute atomic E-state index is 0.00360. The number of aromatic nitrogens is 2. The van der Waals surface area contributed by atoms with E-state index in [4.69, 9.17) is 21.1 Å². The molecule has 0 bridgehead atoms. The van der Waals surface area contributed by atoms with Crippen LogP contribution in [0, 0.1) is 6.92 Å². The van der Waals surface area contributed by atoms with E-state index in [9.17, 15) is 13.2 Å². The van der Waals surface area contributed by atoms with E-state index in [1.54, 1.807) is 18.2 Å². The van der Waals surface area contributed by atoms with E-state index in [2.05, 4.69) is 20.0 Å². The molecule has 3 aromatic rings. The first-order chi connectivity index (χ1) is 14.8. The van der Waals surface area contributed by atoms with Gasteiger partial charge in [-0.2, -0.15) is 0 Å². The molecule has 0 aliphatic rings. The van der Waals surface area contributed by atoms with Gasteiger partial charge in [-0.1, -0.05) is 11.6 Å². The van der Waals surface area contributed by atoms with Crippen LogP contribution in [0.1, 0.15) is 5.56 Å². The predicted molar refractivity (Wildman–Crippen MR) is 116 cm³/mol. The number of carbonyl (C=O) groups excluding carboxylic acids is 1. The van der Waals surface area contributed by atoms with Gasteiger partial charge in [0, 0.05) is 16.8 Å². The van der Waals surface area contributed by atoms with Crippen LogP contribution in [0.15, 0.2) is 59.8 Å². The predicted octanol–water partition coefficient (Wildman–Crippen LogP) is 3.27. The van der Waals surface area contributed by atoms with Gasteiger partial charge in [0.25, 0.3) is 15.9 Å². The summed E-state index contributed by atoms with van der Waals surface area (Å²) in [6, 6.07) is 12.1. The van der Waals surface area contributed by atoms with Crippen LogP contribution in [0.5, 0.6) is 11.6 Å². The number of nitrogens with zero attached hydrogens (tertiary/aromatic N) is 2. The largest absolute Gasteiger partial charge is 0.483 e. The number of benzene rings is 2. The van der Waals surface area contributed by atoms with E-state index in [0.717, 1.165) is 5.56 Å². The van der Waals surface area contributed by atoms with Gasteiger partial charge in [-0.3, -0.25) is 9.52 Å². The highest BCUT2D eigenvalue weighted by Gasteiger charge is 2.16. The Labute approximate surface area is 184 Å². The summed E-state index contributed by atoms with van der Waals surface area (Å²) in [5.41, 5.74) is 1.23. The topological polar surface area (TPSA) is 120 Å². The molecule has 9 nitrogen and oxygen atoms in total. The molecule has 3 rings (SSSR count). The Bertz CT molecular complexity index is 1190. The number of halogens is 1.